The van der Waals surface area contributed by atoms with Crippen LogP contribution < -0.4 is 5.32 Å². The molecular weight excluding hydrogens is 216 g/mol. The Morgan fingerprint density at radius 2 is 2.00 bits per heavy atom. The molecule has 0 aromatic heterocycles. The van der Waals surface area contributed by atoms with Crippen LogP contribution >= 0.6 is 35.6 Å². The highest BCUT2D eigenvalue weighted by Gasteiger charge is 1.97. The van der Waals surface area contributed by atoms with Gasteiger partial charge in [0.05, 0.1) is 10.7 Å². The Bertz CT molecular complexity index is 250. The van der Waals surface area contributed by atoms with Crippen molar-refractivity contribution in [3.8, 4) is 0 Å². The summed E-state index contributed by atoms with van der Waals surface area (Å²) in [6.45, 7) is 2.86. The number of nitrogens with one attached hydrogen (secondary N) is 1. The van der Waals surface area contributed by atoms with Crippen molar-refractivity contribution in [2.45, 2.75) is 6.92 Å². The second-order valence-corrected chi connectivity index (χ2v) is 3.00. The largest absolute Gasteiger partial charge is 0.384 e. The third kappa shape index (κ3) is 3.10. The van der Waals surface area contributed by atoms with Gasteiger partial charge >= 0.3 is 0 Å². The van der Waals surface area contributed by atoms with Crippen LogP contribution in [0.25, 0.3) is 0 Å². The van der Waals surface area contributed by atoms with Gasteiger partial charge in [0.2, 0.25) is 0 Å². The molecule has 0 saturated heterocycles. The molecule has 1 aromatic rings. The van der Waals surface area contributed by atoms with E-state index in [1.54, 1.807) is 12.1 Å². The second kappa shape index (κ2) is 5.52. The molecule has 0 spiro atoms. The molecule has 0 saturated carbocycles. The van der Waals surface area contributed by atoms with Crippen LogP contribution in [0.15, 0.2) is 18.2 Å². The fraction of sp³-hybridized carbons (Fsp3) is 0.250. The van der Waals surface area contributed by atoms with Gasteiger partial charge in [-0.2, -0.15) is 0 Å². The summed E-state index contributed by atoms with van der Waals surface area (Å²) < 4.78 is 0. The zero-order valence-electron chi connectivity index (χ0n) is 6.60. The van der Waals surface area contributed by atoms with Gasteiger partial charge in [0.1, 0.15) is 0 Å². The summed E-state index contributed by atoms with van der Waals surface area (Å²) in [5.74, 6) is 0. The van der Waals surface area contributed by atoms with E-state index in [0.29, 0.717) is 10.0 Å². The Hall–Kier alpha value is -0.110. The summed E-state index contributed by atoms with van der Waals surface area (Å²) in [6, 6.07) is 5.36. The van der Waals surface area contributed by atoms with Crippen LogP contribution in [0.1, 0.15) is 6.92 Å². The molecule has 0 bridgehead atoms. The van der Waals surface area contributed by atoms with Gasteiger partial charge < -0.3 is 5.32 Å². The average Bonchev–Trinajstić information content (AvgIpc) is 1.98. The summed E-state index contributed by atoms with van der Waals surface area (Å²) in [7, 11) is 0. The predicted molar refractivity (Wildman–Crippen MR) is 57.9 cm³/mol. The van der Waals surface area contributed by atoms with Crippen molar-refractivity contribution < 1.29 is 0 Å². The molecule has 68 valence electrons. The van der Waals surface area contributed by atoms with Gasteiger partial charge in [0.25, 0.3) is 0 Å². The molecule has 0 radical (unpaired) electrons. The third-order valence-electron chi connectivity index (χ3n) is 1.30. The van der Waals surface area contributed by atoms with Crippen molar-refractivity contribution in [2.24, 2.45) is 0 Å². The van der Waals surface area contributed by atoms with E-state index in [2.05, 4.69) is 5.32 Å². The van der Waals surface area contributed by atoms with Crippen LogP contribution in [0.4, 0.5) is 5.69 Å². The molecule has 12 heavy (non-hydrogen) atoms. The van der Waals surface area contributed by atoms with Crippen LogP contribution in [-0.4, -0.2) is 6.54 Å². The fourth-order valence-electron chi connectivity index (χ4n) is 0.823. The summed E-state index contributed by atoms with van der Waals surface area (Å²) >= 11 is 11.6. The van der Waals surface area contributed by atoms with E-state index in [9.17, 15) is 0 Å². The molecule has 1 aromatic carbocycles. The first-order valence-corrected chi connectivity index (χ1v) is 4.18. The van der Waals surface area contributed by atoms with E-state index in [0.717, 1.165) is 12.2 Å². The lowest BCUT2D eigenvalue weighted by molar-refractivity contribution is 1.21. The average molecular weight is 227 g/mol. The molecule has 0 aliphatic rings. The van der Waals surface area contributed by atoms with Gasteiger partial charge in [0.15, 0.2) is 0 Å². The SMILES string of the molecule is CCNc1cc(Cl)ccc1Cl.Cl. The monoisotopic (exact) mass is 225 g/mol. The highest BCUT2D eigenvalue weighted by atomic mass is 35.5. The molecule has 0 unspecified atom stereocenters. The van der Waals surface area contributed by atoms with Crippen molar-refractivity contribution in [2.75, 3.05) is 11.9 Å². The molecule has 0 fully saturated rings. The van der Waals surface area contributed by atoms with Crippen molar-refractivity contribution in [1.82, 2.24) is 0 Å². The maximum Gasteiger partial charge on any atom is 0.0638 e. The molecular formula is C8H10Cl3N. The van der Waals surface area contributed by atoms with E-state index < -0.39 is 0 Å². The van der Waals surface area contributed by atoms with Crippen LogP contribution in [0.5, 0.6) is 0 Å². The first-order chi connectivity index (χ1) is 5.24. The third-order valence-corrected chi connectivity index (χ3v) is 1.86. The summed E-state index contributed by atoms with van der Waals surface area (Å²) in [6.07, 6.45) is 0. The maximum atomic E-state index is 5.85. The Morgan fingerprint density at radius 1 is 1.33 bits per heavy atom. The quantitative estimate of drug-likeness (QED) is 0.808. The van der Waals surface area contributed by atoms with Gasteiger partial charge in [-0.25, -0.2) is 0 Å². The maximum absolute atomic E-state index is 5.85. The zero-order valence-corrected chi connectivity index (χ0v) is 8.93. The normalized spacial score (nSPS) is 8.92. The van der Waals surface area contributed by atoms with Gasteiger partial charge in [-0.15, -0.1) is 12.4 Å². The number of hydrogen-bond acceptors (Lipinski definition) is 1. The molecule has 1 nitrogen and oxygen atoms in total. The van der Waals surface area contributed by atoms with Crippen LogP contribution in [0.3, 0.4) is 0 Å². The van der Waals surface area contributed by atoms with Gasteiger partial charge in [-0.1, -0.05) is 23.2 Å². The Morgan fingerprint density at radius 3 is 2.58 bits per heavy atom. The minimum Gasteiger partial charge on any atom is -0.384 e. The lowest BCUT2D eigenvalue weighted by Crippen LogP contribution is -1.96. The molecule has 0 amide bonds. The number of benzene rings is 1. The van der Waals surface area contributed by atoms with Gasteiger partial charge in [0, 0.05) is 11.6 Å². The van der Waals surface area contributed by atoms with Gasteiger partial charge in [-0.3, -0.25) is 0 Å². The van der Waals surface area contributed by atoms with Crippen LogP contribution in [0, 0.1) is 0 Å². The second-order valence-electron chi connectivity index (χ2n) is 2.15. The Balaban J connectivity index is 0.00000121. The summed E-state index contributed by atoms with van der Waals surface area (Å²) in [4.78, 5) is 0. The standard InChI is InChI=1S/C8H9Cl2N.ClH/c1-2-11-8-5-6(9)3-4-7(8)10;/h3-5,11H,2H2,1H3;1H. The molecule has 0 aliphatic carbocycles. The number of anilines is 1. The molecule has 1 rings (SSSR count). The topological polar surface area (TPSA) is 12.0 Å². The number of hydrogen-bond donors (Lipinski definition) is 1. The number of rotatable bonds is 2. The first-order valence-electron chi connectivity index (χ1n) is 3.43. The molecule has 1 N–H and O–H groups in total. The minimum atomic E-state index is 0. The van der Waals surface area contributed by atoms with Crippen LogP contribution in [-0.2, 0) is 0 Å². The zero-order chi connectivity index (χ0) is 8.27. The van der Waals surface area contributed by atoms with E-state index in [1.807, 2.05) is 13.0 Å². The number of halogens is 3. The van der Waals surface area contributed by atoms with E-state index >= 15 is 0 Å². The Kier molecular flexibility index (Phi) is 5.47. The lowest BCUT2D eigenvalue weighted by atomic mass is 10.3. The minimum absolute atomic E-state index is 0. The highest BCUT2D eigenvalue weighted by Crippen LogP contribution is 2.24. The predicted octanol–water partition coefficient (Wildman–Crippen LogP) is 3.85. The van der Waals surface area contributed by atoms with E-state index in [-0.39, 0.29) is 12.4 Å². The lowest BCUT2D eigenvalue weighted by Gasteiger charge is -2.04. The van der Waals surface area contributed by atoms with Crippen LogP contribution in [0.2, 0.25) is 10.0 Å². The van der Waals surface area contributed by atoms with Crippen molar-refractivity contribution in [1.29, 1.82) is 0 Å². The summed E-state index contributed by atoms with van der Waals surface area (Å²) in [5, 5.41) is 4.50. The van der Waals surface area contributed by atoms with Crippen molar-refractivity contribution >= 4 is 41.3 Å². The smallest absolute Gasteiger partial charge is 0.0638 e. The Labute approximate surface area is 88.5 Å². The van der Waals surface area contributed by atoms with E-state index in [4.69, 9.17) is 23.2 Å². The van der Waals surface area contributed by atoms with Crippen molar-refractivity contribution in [3.63, 3.8) is 0 Å². The molecule has 0 heterocycles. The fourth-order valence-corrected chi connectivity index (χ4v) is 1.18. The molecule has 4 heteroatoms. The molecule has 0 atom stereocenters. The van der Waals surface area contributed by atoms with Gasteiger partial charge in [-0.05, 0) is 25.1 Å². The summed E-state index contributed by atoms with van der Waals surface area (Å²) in [5.41, 5.74) is 0.890. The first kappa shape index (κ1) is 11.9. The molecule has 0 aliphatic heterocycles. The van der Waals surface area contributed by atoms with Crippen molar-refractivity contribution in [3.05, 3.63) is 28.2 Å². The highest BCUT2D eigenvalue weighted by molar-refractivity contribution is 6.35. The van der Waals surface area contributed by atoms with E-state index in [1.165, 1.54) is 0 Å².